The van der Waals surface area contributed by atoms with Crippen LogP contribution in [0.2, 0.25) is 0 Å². The van der Waals surface area contributed by atoms with E-state index in [9.17, 15) is 0 Å². The van der Waals surface area contributed by atoms with E-state index < -0.39 is 0 Å². The highest BCUT2D eigenvalue weighted by Crippen LogP contribution is 2.34. The molecule has 1 aromatic heterocycles. The number of aromatic nitrogens is 2. The van der Waals surface area contributed by atoms with Crippen LogP contribution >= 0.6 is 0 Å². The molecule has 4 rings (SSSR count). The van der Waals surface area contributed by atoms with E-state index in [-0.39, 0.29) is 12.6 Å². The third-order valence-electron chi connectivity index (χ3n) is 5.97. The lowest BCUT2D eigenvalue weighted by Crippen LogP contribution is -2.39. The van der Waals surface area contributed by atoms with Crippen molar-refractivity contribution in [2.45, 2.75) is 84.3 Å². The number of nitrogens with zero attached hydrogens (tertiary/aromatic N) is 2. The fourth-order valence-corrected chi connectivity index (χ4v) is 4.23. The van der Waals surface area contributed by atoms with Crippen molar-refractivity contribution in [3.05, 3.63) is 41.6 Å². The first kappa shape index (κ1) is 21.1. The van der Waals surface area contributed by atoms with Crippen LogP contribution in [-0.4, -0.2) is 29.0 Å². The Morgan fingerprint density at radius 1 is 1.17 bits per heavy atom. The molecular formula is C25H34N2O3. The summed E-state index contributed by atoms with van der Waals surface area (Å²) in [5.74, 6) is 0.931. The van der Waals surface area contributed by atoms with Crippen molar-refractivity contribution in [3.8, 4) is 17.0 Å². The zero-order valence-corrected chi connectivity index (χ0v) is 18.5. The predicted octanol–water partition coefficient (Wildman–Crippen LogP) is 6.36. The third-order valence-corrected chi connectivity index (χ3v) is 5.97. The van der Waals surface area contributed by atoms with Crippen molar-refractivity contribution in [2.24, 2.45) is 0 Å². The average molecular weight is 411 g/mol. The Hall–Kier alpha value is -2.11. The van der Waals surface area contributed by atoms with Crippen molar-refractivity contribution in [2.75, 3.05) is 6.61 Å². The van der Waals surface area contributed by atoms with Crippen LogP contribution in [0.1, 0.15) is 77.5 Å². The molecule has 2 aromatic rings. The summed E-state index contributed by atoms with van der Waals surface area (Å²) in [6.45, 7) is 6.90. The van der Waals surface area contributed by atoms with Gasteiger partial charge < -0.3 is 14.2 Å². The van der Waals surface area contributed by atoms with Crippen molar-refractivity contribution in [1.82, 2.24) is 9.78 Å². The van der Waals surface area contributed by atoms with Gasteiger partial charge in [-0.25, -0.2) is 0 Å². The second-order valence-electron chi connectivity index (χ2n) is 8.48. The molecule has 5 nitrogen and oxygen atoms in total. The van der Waals surface area contributed by atoms with E-state index in [4.69, 9.17) is 19.3 Å². The van der Waals surface area contributed by atoms with Gasteiger partial charge in [-0.3, -0.25) is 4.68 Å². The molecule has 0 bridgehead atoms. The first-order valence-corrected chi connectivity index (χ1v) is 11.5. The highest BCUT2D eigenvalue weighted by Gasteiger charge is 2.28. The number of hydrogen-bond donors (Lipinski definition) is 0. The lowest BCUT2D eigenvalue weighted by molar-refractivity contribution is -0.358. The Bertz CT molecular complexity index is 844. The van der Waals surface area contributed by atoms with Crippen LogP contribution in [-0.2, 0) is 9.47 Å². The SMILES string of the molecule is CCCCOc1ccc(-c2cc(/C=C(\C)C3OC(C)O3)nn2C2CCCCC2)cc1. The molecule has 2 heterocycles. The highest BCUT2D eigenvalue weighted by molar-refractivity contribution is 5.65. The van der Waals surface area contributed by atoms with Gasteiger partial charge in [0.2, 0.25) is 0 Å². The summed E-state index contributed by atoms with van der Waals surface area (Å²) in [5.41, 5.74) is 4.36. The van der Waals surface area contributed by atoms with E-state index in [0.717, 1.165) is 36.5 Å². The smallest absolute Gasteiger partial charge is 0.185 e. The molecule has 162 valence electrons. The van der Waals surface area contributed by atoms with Crippen LogP contribution in [0.3, 0.4) is 0 Å². The van der Waals surface area contributed by atoms with Crippen LogP contribution in [0.5, 0.6) is 5.75 Å². The Morgan fingerprint density at radius 3 is 2.57 bits per heavy atom. The maximum absolute atomic E-state index is 5.84. The minimum absolute atomic E-state index is 0.119. The zero-order chi connectivity index (χ0) is 20.9. The molecule has 2 aliphatic rings. The molecule has 0 N–H and O–H groups in total. The highest BCUT2D eigenvalue weighted by atomic mass is 16.9. The van der Waals surface area contributed by atoms with Crippen LogP contribution < -0.4 is 4.74 Å². The van der Waals surface area contributed by atoms with Crippen LogP contribution in [0.4, 0.5) is 0 Å². The molecule has 30 heavy (non-hydrogen) atoms. The summed E-state index contributed by atoms with van der Waals surface area (Å²) in [6.07, 6.45) is 10.2. The minimum Gasteiger partial charge on any atom is -0.494 e. The number of hydrogen-bond acceptors (Lipinski definition) is 4. The lowest BCUT2D eigenvalue weighted by atomic mass is 9.95. The maximum atomic E-state index is 5.84. The van der Waals surface area contributed by atoms with Crippen molar-refractivity contribution in [3.63, 3.8) is 0 Å². The second-order valence-corrected chi connectivity index (χ2v) is 8.48. The first-order valence-electron chi connectivity index (χ1n) is 11.5. The third kappa shape index (κ3) is 4.96. The molecule has 0 amide bonds. The van der Waals surface area contributed by atoms with Crippen LogP contribution in [0, 0.1) is 0 Å². The number of unbranched alkanes of at least 4 members (excludes halogenated alkanes) is 1. The molecule has 1 aliphatic heterocycles. The van der Waals surface area contributed by atoms with Gasteiger partial charge in [0, 0.05) is 5.56 Å². The molecule has 0 atom stereocenters. The molecule has 2 fully saturated rings. The molecule has 1 saturated carbocycles. The van der Waals surface area contributed by atoms with Crippen LogP contribution in [0.15, 0.2) is 35.9 Å². The van der Waals surface area contributed by atoms with Gasteiger partial charge in [0.05, 0.1) is 24.0 Å². The van der Waals surface area contributed by atoms with Gasteiger partial charge in [0.1, 0.15) is 5.75 Å². The fourth-order valence-electron chi connectivity index (χ4n) is 4.23. The summed E-state index contributed by atoms with van der Waals surface area (Å²) < 4.78 is 19.3. The summed E-state index contributed by atoms with van der Waals surface area (Å²) in [6, 6.07) is 11.1. The molecule has 0 unspecified atom stereocenters. The standard InChI is InChI=1S/C25H34N2O3/c1-4-5-15-28-23-13-11-20(12-14-23)24-17-21(16-18(2)25-29-19(3)30-25)26-27(24)22-9-7-6-8-10-22/h11-14,16-17,19,22,25H,4-10,15H2,1-3H3/b18-16+. The van der Waals surface area contributed by atoms with E-state index in [2.05, 4.69) is 48.0 Å². The summed E-state index contributed by atoms with van der Waals surface area (Å²) in [4.78, 5) is 0. The number of benzene rings is 1. The summed E-state index contributed by atoms with van der Waals surface area (Å²) >= 11 is 0. The molecule has 0 spiro atoms. The van der Waals surface area contributed by atoms with Gasteiger partial charge in [-0.1, -0.05) is 32.6 Å². The topological polar surface area (TPSA) is 45.5 Å². The Kier molecular flexibility index (Phi) is 6.90. The molecule has 1 aromatic carbocycles. The summed E-state index contributed by atoms with van der Waals surface area (Å²) in [7, 11) is 0. The average Bonchev–Trinajstić information content (AvgIpc) is 3.16. The number of rotatable bonds is 8. The second kappa shape index (κ2) is 9.80. The van der Waals surface area contributed by atoms with E-state index in [1.807, 2.05) is 13.8 Å². The van der Waals surface area contributed by atoms with Gasteiger partial charge in [-0.2, -0.15) is 5.10 Å². The number of ether oxygens (including phenoxy) is 3. The van der Waals surface area contributed by atoms with E-state index in [0.29, 0.717) is 6.04 Å². The minimum atomic E-state index is -0.247. The Labute approximate surface area is 180 Å². The maximum Gasteiger partial charge on any atom is 0.185 e. The lowest BCUT2D eigenvalue weighted by Gasteiger charge is -2.34. The van der Waals surface area contributed by atoms with E-state index in [1.54, 1.807) is 0 Å². The predicted molar refractivity (Wildman–Crippen MR) is 119 cm³/mol. The van der Waals surface area contributed by atoms with Gasteiger partial charge in [0.25, 0.3) is 0 Å². The van der Waals surface area contributed by atoms with Gasteiger partial charge in [-0.05, 0) is 75.1 Å². The fraction of sp³-hybridized carbons (Fsp3) is 0.560. The normalized spacial score (nSPS) is 22.7. The molecular weight excluding hydrogens is 376 g/mol. The van der Waals surface area contributed by atoms with Gasteiger partial charge in [-0.15, -0.1) is 0 Å². The Morgan fingerprint density at radius 2 is 1.90 bits per heavy atom. The zero-order valence-electron chi connectivity index (χ0n) is 18.5. The van der Waals surface area contributed by atoms with E-state index >= 15 is 0 Å². The monoisotopic (exact) mass is 410 g/mol. The molecule has 1 saturated heterocycles. The van der Waals surface area contributed by atoms with Gasteiger partial charge in [0.15, 0.2) is 12.6 Å². The molecule has 5 heteroatoms. The van der Waals surface area contributed by atoms with Crippen molar-refractivity contribution in [1.29, 1.82) is 0 Å². The Balaban J connectivity index is 1.58. The molecule has 0 radical (unpaired) electrons. The van der Waals surface area contributed by atoms with E-state index in [1.165, 1.54) is 43.4 Å². The van der Waals surface area contributed by atoms with Gasteiger partial charge >= 0.3 is 0 Å². The molecule has 1 aliphatic carbocycles. The van der Waals surface area contributed by atoms with Crippen molar-refractivity contribution < 1.29 is 14.2 Å². The van der Waals surface area contributed by atoms with Crippen molar-refractivity contribution >= 4 is 6.08 Å². The quantitative estimate of drug-likeness (QED) is 0.475. The first-order chi connectivity index (χ1) is 14.6. The van der Waals surface area contributed by atoms with Crippen LogP contribution in [0.25, 0.3) is 17.3 Å². The largest absolute Gasteiger partial charge is 0.494 e. The summed E-state index contributed by atoms with van der Waals surface area (Å²) in [5, 5.41) is 4.99.